The molecule has 0 aliphatic rings. The van der Waals surface area contributed by atoms with Crippen molar-refractivity contribution in [1.29, 1.82) is 0 Å². The van der Waals surface area contributed by atoms with Crippen LogP contribution < -0.4 is 0 Å². The quantitative estimate of drug-likeness (QED) is 0.769. The van der Waals surface area contributed by atoms with E-state index in [1.54, 1.807) is 0 Å². The molecular weight excluding hydrogens is 272 g/mol. The molecule has 116 valence electrons. The summed E-state index contributed by atoms with van der Waals surface area (Å²) in [6.07, 6.45) is 2.00. The first-order chi connectivity index (χ1) is 10.4. The third kappa shape index (κ3) is 3.07. The van der Waals surface area contributed by atoms with Gasteiger partial charge in [0.15, 0.2) is 0 Å². The van der Waals surface area contributed by atoms with E-state index in [0.717, 1.165) is 24.5 Å². The Balaban J connectivity index is 1.71. The summed E-state index contributed by atoms with van der Waals surface area (Å²) in [4.78, 5) is 5.64. The fourth-order valence-corrected chi connectivity index (χ4v) is 2.75. The molecule has 2 aromatic heterocycles. The normalized spacial score (nSPS) is 12.4. The number of aromatic nitrogens is 3. The lowest BCUT2D eigenvalue weighted by Gasteiger charge is -2.16. The maximum atomic E-state index is 4.43. The third-order valence-electron chi connectivity index (χ3n) is 3.95. The van der Waals surface area contributed by atoms with Gasteiger partial charge in [-0.1, -0.05) is 39.0 Å². The Kier molecular flexibility index (Phi) is 3.79. The molecule has 0 atom stereocenters. The number of hydrogen-bond acceptors (Lipinski definition) is 2. The molecule has 0 radical (unpaired) electrons. The van der Waals surface area contributed by atoms with Gasteiger partial charge in [-0.25, -0.2) is 0 Å². The van der Waals surface area contributed by atoms with Gasteiger partial charge in [0.1, 0.15) is 0 Å². The minimum absolute atomic E-state index is 0.0865. The lowest BCUT2D eigenvalue weighted by Crippen LogP contribution is -2.17. The first kappa shape index (κ1) is 14.9. The van der Waals surface area contributed by atoms with E-state index >= 15 is 0 Å². The Morgan fingerprint density at radius 2 is 1.95 bits per heavy atom. The highest BCUT2D eigenvalue weighted by Gasteiger charge is 2.17. The summed E-state index contributed by atoms with van der Waals surface area (Å²) >= 11 is 0. The van der Waals surface area contributed by atoms with Crippen LogP contribution in [0.4, 0.5) is 0 Å². The van der Waals surface area contributed by atoms with E-state index in [-0.39, 0.29) is 5.41 Å². The van der Waals surface area contributed by atoms with Gasteiger partial charge in [0.25, 0.3) is 0 Å². The number of para-hydroxylation sites is 1. The van der Waals surface area contributed by atoms with Gasteiger partial charge in [-0.3, -0.25) is 10.00 Å². The third-order valence-corrected chi connectivity index (χ3v) is 3.95. The number of H-pyrrole nitrogens is 2. The minimum Gasteiger partial charge on any atom is -0.361 e. The summed E-state index contributed by atoms with van der Waals surface area (Å²) in [5, 5.41) is 8.86. The van der Waals surface area contributed by atoms with Gasteiger partial charge in [-0.2, -0.15) is 5.10 Å². The van der Waals surface area contributed by atoms with Crippen LogP contribution in [-0.2, 0) is 18.5 Å². The largest absolute Gasteiger partial charge is 0.361 e. The predicted molar refractivity (Wildman–Crippen MR) is 90.8 cm³/mol. The number of nitrogens with one attached hydrogen (secondary N) is 2. The van der Waals surface area contributed by atoms with E-state index in [1.807, 2.05) is 6.20 Å². The van der Waals surface area contributed by atoms with Crippen LogP contribution in [-0.4, -0.2) is 27.1 Å². The molecule has 4 heteroatoms. The maximum Gasteiger partial charge on any atom is 0.0678 e. The Morgan fingerprint density at radius 1 is 1.14 bits per heavy atom. The van der Waals surface area contributed by atoms with Crippen molar-refractivity contribution in [1.82, 2.24) is 20.1 Å². The molecule has 0 amide bonds. The first-order valence-corrected chi connectivity index (χ1v) is 7.72. The highest BCUT2D eigenvalue weighted by molar-refractivity contribution is 5.82. The first-order valence-electron chi connectivity index (χ1n) is 7.72. The van der Waals surface area contributed by atoms with Crippen molar-refractivity contribution in [3.8, 4) is 0 Å². The van der Waals surface area contributed by atoms with Gasteiger partial charge < -0.3 is 4.98 Å². The lowest BCUT2D eigenvalue weighted by atomic mass is 9.92. The maximum absolute atomic E-state index is 4.43. The predicted octanol–water partition coefficient (Wildman–Crippen LogP) is 3.82. The molecule has 0 unspecified atom stereocenters. The van der Waals surface area contributed by atoms with Gasteiger partial charge in [0.2, 0.25) is 0 Å². The minimum atomic E-state index is 0.0865. The van der Waals surface area contributed by atoms with E-state index in [4.69, 9.17) is 0 Å². The molecule has 2 heterocycles. The van der Waals surface area contributed by atoms with Crippen molar-refractivity contribution in [2.24, 2.45) is 0 Å². The molecule has 0 spiro atoms. The van der Waals surface area contributed by atoms with E-state index in [9.17, 15) is 0 Å². The Hall–Kier alpha value is -2.07. The van der Waals surface area contributed by atoms with Crippen LogP contribution in [0.1, 0.15) is 37.7 Å². The Labute approximate surface area is 131 Å². The van der Waals surface area contributed by atoms with Crippen molar-refractivity contribution in [2.45, 2.75) is 39.3 Å². The molecule has 0 saturated carbocycles. The van der Waals surface area contributed by atoms with Crippen LogP contribution in [0.3, 0.4) is 0 Å². The van der Waals surface area contributed by atoms with Gasteiger partial charge >= 0.3 is 0 Å². The molecule has 3 aromatic rings. The molecule has 0 saturated heterocycles. The second kappa shape index (κ2) is 5.61. The van der Waals surface area contributed by atoms with Crippen molar-refractivity contribution in [2.75, 3.05) is 7.05 Å². The molecule has 22 heavy (non-hydrogen) atoms. The van der Waals surface area contributed by atoms with Crippen LogP contribution in [0.5, 0.6) is 0 Å². The molecule has 3 rings (SSSR count). The molecule has 1 aromatic carbocycles. The average Bonchev–Trinajstić information content (AvgIpc) is 3.06. The topological polar surface area (TPSA) is 47.7 Å². The zero-order valence-electron chi connectivity index (χ0n) is 13.8. The highest BCUT2D eigenvalue weighted by atomic mass is 15.2. The monoisotopic (exact) mass is 296 g/mol. The number of hydrogen-bond donors (Lipinski definition) is 2. The lowest BCUT2D eigenvalue weighted by molar-refractivity contribution is 0.316. The Bertz CT molecular complexity index is 761. The van der Waals surface area contributed by atoms with Gasteiger partial charge in [-0.15, -0.1) is 0 Å². The number of nitrogens with zero attached hydrogens (tertiary/aromatic N) is 2. The fourth-order valence-electron chi connectivity index (χ4n) is 2.75. The van der Waals surface area contributed by atoms with Crippen molar-refractivity contribution < 1.29 is 0 Å². The van der Waals surface area contributed by atoms with Crippen molar-refractivity contribution >= 4 is 10.9 Å². The smallest absolute Gasteiger partial charge is 0.0678 e. The molecular formula is C18H24N4. The van der Waals surface area contributed by atoms with Gasteiger partial charge in [0, 0.05) is 35.9 Å². The van der Waals surface area contributed by atoms with Crippen LogP contribution >= 0.6 is 0 Å². The van der Waals surface area contributed by atoms with Crippen molar-refractivity contribution in [3.05, 3.63) is 53.5 Å². The molecule has 2 N–H and O–H groups in total. The number of aromatic amines is 2. The summed E-state index contributed by atoms with van der Waals surface area (Å²) in [7, 11) is 2.14. The summed E-state index contributed by atoms with van der Waals surface area (Å²) < 4.78 is 0. The standard InChI is InChI=1S/C18H24N4/c1-18(2,3)16-10-15(20-21-16)12-22(4)11-14-7-5-6-13-8-9-19-17(13)14/h5-10,19H,11-12H2,1-4H3,(H,20,21). The van der Waals surface area contributed by atoms with Crippen LogP contribution in [0.2, 0.25) is 0 Å². The summed E-state index contributed by atoms with van der Waals surface area (Å²) in [5.41, 5.74) is 4.91. The van der Waals surface area contributed by atoms with Crippen LogP contribution in [0.15, 0.2) is 36.5 Å². The van der Waals surface area contributed by atoms with Gasteiger partial charge in [-0.05, 0) is 30.1 Å². The second-order valence-corrected chi connectivity index (χ2v) is 7.06. The molecule has 0 fully saturated rings. The SMILES string of the molecule is CN(Cc1cc(C(C)(C)C)n[nH]1)Cc1cccc2cc[nH]c12. The van der Waals surface area contributed by atoms with E-state index in [2.05, 4.69) is 78.2 Å². The highest BCUT2D eigenvalue weighted by Crippen LogP contribution is 2.22. The van der Waals surface area contributed by atoms with E-state index in [0.29, 0.717) is 0 Å². The summed E-state index contributed by atoms with van der Waals surface area (Å²) in [6.45, 7) is 8.32. The summed E-state index contributed by atoms with van der Waals surface area (Å²) in [5.74, 6) is 0. The molecule has 0 aliphatic carbocycles. The zero-order chi connectivity index (χ0) is 15.7. The Morgan fingerprint density at radius 3 is 2.68 bits per heavy atom. The molecule has 4 nitrogen and oxygen atoms in total. The zero-order valence-corrected chi connectivity index (χ0v) is 13.8. The van der Waals surface area contributed by atoms with Crippen molar-refractivity contribution in [3.63, 3.8) is 0 Å². The summed E-state index contributed by atoms with van der Waals surface area (Å²) in [6, 6.07) is 10.7. The fraction of sp³-hybridized carbons (Fsp3) is 0.389. The van der Waals surface area contributed by atoms with E-state index < -0.39 is 0 Å². The number of rotatable bonds is 4. The van der Waals surface area contributed by atoms with Crippen LogP contribution in [0.25, 0.3) is 10.9 Å². The van der Waals surface area contributed by atoms with E-state index in [1.165, 1.54) is 16.5 Å². The number of fused-ring (bicyclic) bond motifs is 1. The second-order valence-electron chi connectivity index (χ2n) is 7.06. The average molecular weight is 296 g/mol. The number of benzene rings is 1. The van der Waals surface area contributed by atoms with Crippen LogP contribution in [0, 0.1) is 0 Å². The molecule has 0 aliphatic heterocycles. The van der Waals surface area contributed by atoms with Gasteiger partial charge in [0.05, 0.1) is 5.69 Å². The molecule has 0 bridgehead atoms.